The Hall–Kier alpha value is -2.66. The zero-order chi connectivity index (χ0) is 17.5. The lowest BCUT2D eigenvalue weighted by Crippen LogP contribution is -2.28. The molecule has 2 aromatic heterocycles. The van der Waals surface area contributed by atoms with Gasteiger partial charge in [0.25, 0.3) is 0 Å². The summed E-state index contributed by atoms with van der Waals surface area (Å²) in [7, 11) is 0. The molecule has 0 atom stereocenters. The second-order valence-electron chi connectivity index (χ2n) is 7.08. The van der Waals surface area contributed by atoms with E-state index in [2.05, 4.69) is 15.3 Å². The highest BCUT2D eigenvalue weighted by molar-refractivity contribution is 5.97. The van der Waals surface area contributed by atoms with Crippen molar-refractivity contribution in [3.05, 3.63) is 54.3 Å². The predicted molar refractivity (Wildman–Crippen MR) is 101 cm³/mol. The van der Waals surface area contributed by atoms with Gasteiger partial charge in [0.1, 0.15) is 11.3 Å². The summed E-state index contributed by atoms with van der Waals surface area (Å²) in [6.45, 7) is 2.16. The van der Waals surface area contributed by atoms with Crippen molar-refractivity contribution in [2.75, 3.05) is 13.1 Å². The van der Waals surface area contributed by atoms with E-state index in [4.69, 9.17) is 4.42 Å². The van der Waals surface area contributed by atoms with Crippen LogP contribution in [0.4, 0.5) is 4.39 Å². The van der Waals surface area contributed by atoms with Crippen molar-refractivity contribution in [1.82, 2.24) is 15.3 Å². The lowest BCUT2D eigenvalue weighted by Gasteiger charge is -2.20. The molecule has 0 aliphatic carbocycles. The molecule has 1 saturated heterocycles. The van der Waals surface area contributed by atoms with Gasteiger partial charge in [-0.25, -0.2) is 9.37 Å². The molecule has 1 aliphatic rings. The number of H-pyrrole nitrogens is 1. The number of piperidine rings is 1. The highest BCUT2D eigenvalue weighted by Crippen LogP contribution is 2.31. The lowest BCUT2D eigenvalue weighted by molar-refractivity contribution is 0.346. The molecule has 5 heteroatoms. The average molecular weight is 349 g/mol. The number of nitrogens with one attached hydrogen (secondary N) is 2. The molecule has 0 bridgehead atoms. The number of benzene rings is 2. The second kappa shape index (κ2) is 6.25. The SMILES string of the molecule is Fc1ccc2c(-c3ccc4nc(CC5CCNCC5)oc4c3)c[nH]c2c1. The third-order valence-corrected chi connectivity index (χ3v) is 5.31. The lowest BCUT2D eigenvalue weighted by atomic mass is 9.95. The van der Waals surface area contributed by atoms with Crippen LogP contribution in [0.15, 0.2) is 47.0 Å². The molecule has 2 N–H and O–H groups in total. The van der Waals surface area contributed by atoms with E-state index in [0.29, 0.717) is 5.92 Å². The van der Waals surface area contributed by atoms with Crippen LogP contribution in [-0.4, -0.2) is 23.1 Å². The Labute approximate surface area is 150 Å². The molecular weight excluding hydrogens is 329 g/mol. The van der Waals surface area contributed by atoms with Gasteiger partial charge in [-0.2, -0.15) is 0 Å². The van der Waals surface area contributed by atoms with Crippen LogP contribution in [-0.2, 0) is 6.42 Å². The van der Waals surface area contributed by atoms with Gasteiger partial charge >= 0.3 is 0 Å². The highest BCUT2D eigenvalue weighted by atomic mass is 19.1. The Morgan fingerprint density at radius 2 is 2.00 bits per heavy atom. The summed E-state index contributed by atoms with van der Waals surface area (Å²) in [5.74, 6) is 1.23. The normalized spacial score (nSPS) is 15.9. The smallest absolute Gasteiger partial charge is 0.195 e. The standard InChI is InChI=1S/C21H20FN3O/c22-15-2-3-16-17(12-24-19(16)11-15)14-1-4-18-20(10-14)26-21(25-18)9-13-5-7-23-8-6-13/h1-4,10-13,23-24H,5-9H2. The van der Waals surface area contributed by atoms with Gasteiger partial charge in [-0.15, -0.1) is 0 Å². The molecule has 0 amide bonds. The van der Waals surface area contributed by atoms with E-state index in [1.165, 1.54) is 25.0 Å². The van der Waals surface area contributed by atoms with Crippen LogP contribution >= 0.6 is 0 Å². The van der Waals surface area contributed by atoms with Gasteiger partial charge < -0.3 is 14.7 Å². The van der Waals surface area contributed by atoms with Gasteiger partial charge in [0, 0.05) is 29.1 Å². The molecule has 132 valence electrons. The van der Waals surface area contributed by atoms with E-state index in [9.17, 15) is 4.39 Å². The van der Waals surface area contributed by atoms with E-state index in [1.54, 1.807) is 0 Å². The molecule has 0 radical (unpaired) electrons. The minimum atomic E-state index is -0.237. The van der Waals surface area contributed by atoms with Crippen molar-refractivity contribution in [2.45, 2.75) is 19.3 Å². The number of hydrogen-bond donors (Lipinski definition) is 2. The summed E-state index contributed by atoms with van der Waals surface area (Å²) >= 11 is 0. The van der Waals surface area contributed by atoms with Crippen LogP contribution in [0.25, 0.3) is 33.1 Å². The first-order valence-electron chi connectivity index (χ1n) is 9.13. The van der Waals surface area contributed by atoms with Crippen molar-refractivity contribution in [3.8, 4) is 11.1 Å². The largest absolute Gasteiger partial charge is 0.441 e. The van der Waals surface area contributed by atoms with Crippen molar-refractivity contribution in [1.29, 1.82) is 0 Å². The number of nitrogens with zero attached hydrogens (tertiary/aromatic N) is 1. The van der Waals surface area contributed by atoms with E-state index in [-0.39, 0.29) is 5.82 Å². The van der Waals surface area contributed by atoms with Crippen molar-refractivity contribution in [2.24, 2.45) is 5.92 Å². The zero-order valence-electron chi connectivity index (χ0n) is 14.4. The summed E-state index contributed by atoms with van der Waals surface area (Å²) in [4.78, 5) is 7.80. The fraction of sp³-hybridized carbons (Fsp3) is 0.286. The number of aromatic amines is 1. The maximum Gasteiger partial charge on any atom is 0.195 e. The molecule has 0 spiro atoms. The Morgan fingerprint density at radius 3 is 2.88 bits per heavy atom. The van der Waals surface area contributed by atoms with Gasteiger partial charge in [0.15, 0.2) is 11.5 Å². The van der Waals surface area contributed by atoms with Crippen LogP contribution in [0.1, 0.15) is 18.7 Å². The molecule has 0 saturated carbocycles. The highest BCUT2D eigenvalue weighted by Gasteiger charge is 2.17. The molecule has 4 nitrogen and oxygen atoms in total. The summed E-state index contributed by atoms with van der Waals surface area (Å²) in [6.07, 6.45) is 5.17. The van der Waals surface area contributed by atoms with Gasteiger partial charge in [-0.05, 0) is 67.7 Å². The fourth-order valence-corrected chi connectivity index (χ4v) is 3.90. The minimum Gasteiger partial charge on any atom is -0.441 e. The number of hydrogen-bond acceptors (Lipinski definition) is 3. The molecule has 1 fully saturated rings. The molecule has 26 heavy (non-hydrogen) atoms. The van der Waals surface area contributed by atoms with E-state index in [0.717, 1.165) is 58.5 Å². The van der Waals surface area contributed by atoms with Crippen LogP contribution in [0, 0.1) is 11.7 Å². The maximum absolute atomic E-state index is 13.4. The molecule has 3 heterocycles. The van der Waals surface area contributed by atoms with E-state index >= 15 is 0 Å². The maximum atomic E-state index is 13.4. The van der Waals surface area contributed by atoms with E-state index < -0.39 is 0 Å². The Bertz CT molecular complexity index is 1080. The first-order chi connectivity index (χ1) is 12.8. The summed E-state index contributed by atoms with van der Waals surface area (Å²) in [6, 6.07) is 10.9. The van der Waals surface area contributed by atoms with E-state index in [1.807, 2.05) is 30.5 Å². The average Bonchev–Trinajstić information content (AvgIpc) is 3.24. The topological polar surface area (TPSA) is 53.9 Å². The number of rotatable bonds is 3. The molecule has 1 aliphatic heterocycles. The first kappa shape index (κ1) is 15.6. The van der Waals surface area contributed by atoms with Gasteiger partial charge in [0.05, 0.1) is 0 Å². The third-order valence-electron chi connectivity index (χ3n) is 5.31. The van der Waals surface area contributed by atoms with Crippen LogP contribution < -0.4 is 5.32 Å². The molecular formula is C21H20FN3O. The number of fused-ring (bicyclic) bond motifs is 2. The summed E-state index contributed by atoms with van der Waals surface area (Å²) < 4.78 is 19.4. The Balaban J connectivity index is 1.49. The minimum absolute atomic E-state index is 0.237. The van der Waals surface area contributed by atoms with Crippen molar-refractivity contribution in [3.63, 3.8) is 0 Å². The monoisotopic (exact) mass is 349 g/mol. The first-order valence-corrected chi connectivity index (χ1v) is 9.13. The van der Waals surface area contributed by atoms with Crippen LogP contribution in [0.5, 0.6) is 0 Å². The third kappa shape index (κ3) is 2.78. The van der Waals surface area contributed by atoms with Crippen LogP contribution in [0.2, 0.25) is 0 Å². The number of halogens is 1. The molecule has 0 unspecified atom stereocenters. The van der Waals surface area contributed by atoms with Crippen molar-refractivity contribution < 1.29 is 8.81 Å². The second-order valence-corrected chi connectivity index (χ2v) is 7.08. The van der Waals surface area contributed by atoms with Gasteiger partial charge in [-0.3, -0.25) is 0 Å². The number of aromatic nitrogens is 2. The summed E-state index contributed by atoms with van der Waals surface area (Å²) in [5, 5.41) is 4.39. The van der Waals surface area contributed by atoms with Crippen molar-refractivity contribution >= 4 is 22.0 Å². The Morgan fingerprint density at radius 1 is 1.12 bits per heavy atom. The molecule has 4 aromatic rings. The quantitative estimate of drug-likeness (QED) is 0.566. The van der Waals surface area contributed by atoms with Crippen LogP contribution in [0.3, 0.4) is 0 Å². The predicted octanol–water partition coefficient (Wildman–Crippen LogP) is 4.66. The Kier molecular flexibility index (Phi) is 3.75. The molecule has 5 rings (SSSR count). The summed E-state index contributed by atoms with van der Waals surface area (Å²) in [5.41, 5.74) is 4.58. The number of oxazole rings is 1. The fourth-order valence-electron chi connectivity index (χ4n) is 3.90. The molecule has 2 aromatic carbocycles. The van der Waals surface area contributed by atoms with Gasteiger partial charge in [-0.1, -0.05) is 6.07 Å². The van der Waals surface area contributed by atoms with Gasteiger partial charge in [0.2, 0.25) is 0 Å². The zero-order valence-corrected chi connectivity index (χ0v) is 14.4.